The number of rotatable bonds is 6. The van der Waals surface area contributed by atoms with Crippen LogP contribution in [0.15, 0.2) is 0 Å². The Balaban J connectivity index is 2.92. The number of carboxylic acid groups (broad SMARTS) is 1. The molecule has 0 aromatic rings. The lowest BCUT2D eigenvalue weighted by molar-refractivity contribution is -0.142. The van der Waals surface area contributed by atoms with Crippen molar-refractivity contribution in [1.82, 2.24) is 0 Å². The normalized spacial score (nSPS) is 9.00. The Morgan fingerprint density at radius 1 is 1.45 bits per heavy atom. The van der Waals surface area contributed by atoms with Crippen LogP contribution >= 0.6 is 0 Å². The fourth-order valence-corrected chi connectivity index (χ4v) is 0.408. The van der Waals surface area contributed by atoms with Crippen molar-refractivity contribution in [2.75, 3.05) is 26.4 Å². The number of ether oxygens (including phenoxy) is 2. The van der Waals surface area contributed by atoms with E-state index < -0.39 is 5.97 Å². The second-order valence-corrected chi connectivity index (χ2v) is 1.70. The zero-order valence-corrected chi connectivity index (χ0v) is 6.08. The van der Waals surface area contributed by atoms with E-state index >= 15 is 0 Å². The molecule has 0 rings (SSSR count). The third-order valence-corrected chi connectivity index (χ3v) is 0.783. The average molecular weight is 158 g/mol. The summed E-state index contributed by atoms with van der Waals surface area (Å²) < 4.78 is 9.46. The number of carboxylic acids is 1. The summed E-state index contributed by atoms with van der Waals surface area (Å²) in [6.45, 7) is 0.529. The smallest absolute Gasteiger partial charge is 0.329 e. The van der Waals surface area contributed by atoms with Gasteiger partial charge in [-0.3, -0.25) is 0 Å². The van der Waals surface area contributed by atoms with Crippen LogP contribution in [0.1, 0.15) is 0 Å². The first-order valence-electron chi connectivity index (χ1n) is 3.08. The Morgan fingerprint density at radius 3 is 2.64 bits per heavy atom. The molecule has 0 spiro atoms. The second kappa shape index (κ2) is 7.06. The highest BCUT2D eigenvalue weighted by Crippen LogP contribution is 1.77. The summed E-state index contributed by atoms with van der Waals surface area (Å²) in [6, 6.07) is 0. The molecule has 0 aliphatic rings. The highest BCUT2D eigenvalue weighted by Gasteiger charge is 1.94. The van der Waals surface area contributed by atoms with Gasteiger partial charge in [0.1, 0.15) is 13.2 Å². The van der Waals surface area contributed by atoms with Gasteiger partial charge >= 0.3 is 5.97 Å². The molecule has 0 fully saturated rings. The van der Waals surface area contributed by atoms with E-state index in [9.17, 15) is 4.79 Å². The molecule has 0 heterocycles. The predicted octanol–water partition coefficient (Wildman–Crippen LogP) is -0.263. The molecule has 11 heavy (non-hydrogen) atoms. The Hall–Kier alpha value is -1.05. The van der Waals surface area contributed by atoms with Gasteiger partial charge in [-0.05, 0) is 0 Å². The molecule has 4 heteroatoms. The van der Waals surface area contributed by atoms with E-state index in [2.05, 4.69) is 10.7 Å². The van der Waals surface area contributed by atoms with Crippen LogP contribution in [0, 0.1) is 12.3 Å². The summed E-state index contributed by atoms with van der Waals surface area (Å²) in [4.78, 5) is 9.89. The van der Waals surface area contributed by atoms with Crippen molar-refractivity contribution in [1.29, 1.82) is 0 Å². The maximum atomic E-state index is 9.89. The van der Waals surface area contributed by atoms with Crippen molar-refractivity contribution in [3.63, 3.8) is 0 Å². The zero-order valence-electron chi connectivity index (χ0n) is 6.08. The summed E-state index contributed by atoms with van der Waals surface area (Å²) in [5.41, 5.74) is 0. The molecule has 0 amide bonds. The van der Waals surface area contributed by atoms with Gasteiger partial charge in [0.15, 0.2) is 0 Å². The fraction of sp³-hybridized carbons (Fsp3) is 0.571. The highest BCUT2D eigenvalue weighted by atomic mass is 16.5. The Morgan fingerprint density at radius 2 is 2.09 bits per heavy atom. The molecule has 0 bridgehead atoms. The summed E-state index contributed by atoms with van der Waals surface area (Å²) >= 11 is 0. The van der Waals surface area contributed by atoms with Crippen molar-refractivity contribution in [3.8, 4) is 12.3 Å². The van der Waals surface area contributed by atoms with Crippen molar-refractivity contribution in [2.24, 2.45) is 0 Å². The van der Waals surface area contributed by atoms with Crippen LogP contribution < -0.4 is 0 Å². The van der Waals surface area contributed by atoms with Crippen molar-refractivity contribution in [2.45, 2.75) is 0 Å². The van der Waals surface area contributed by atoms with E-state index in [-0.39, 0.29) is 19.8 Å². The van der Waals surface area contributed by atoms with Gasteiger partial charge in [-0.1, -0.05) is 5.92 Å². The lowest BCUT2D eigenvalue weighted by Gasteiger charge is -1.99. The lowest BCUT2D eigenvalue weighted by Crippen LogP contribution is -2.11. The summed E-state index contributed by atoms with van der Waals surface area (Å²) in [5.74, 6) is 1.29. The summed E-state index contributed by atoms with van der Waals surface area (Å²) in [6.07, 6.45) is 4.88. The third-order valence-electron chi connectivity index (χ3n) is 0.783. The minimum atomic E-state index is -0.984. The first-order valence-corrected chi connectivity index (χ1v) is 3.08. The molecule has 1 N–H and O–H groups in total. The van der Waals surface area contributed by atoms with E-state index in [0.717, 1.165) is 0 Å². The Bertz CT molecular complexity index is 147. The zero-order chi connectivity index (χ0) is 8.53. The number of carbonyl (C=O) groups is 1. The standard InChI is InChI=1S/C7H10O4/c1-2-3-10-4-5-11-6-7(8)9/h1H,3-6H2,(H,8,9). The number of aliphatic carboxylic acids is 1. The molecule has 0 saturated heterocycles. The van der Waals surface area contributed by atoms with E-state index in [4.69, 9.17) is 16.3 Å². The third kappa shape index (κ3) is 8.95. The SMILES string of the molecule is C#CCOCCOCC(=O)O. The number of hydrogen-bond donors (Lipinski definition) is 1. The topological polar surface area (TPSA) is 55.8 Å². The first-order chi connectivity index (χ1) is 5.27. The van der Waals surface area contributed by atoms with Crippen molar-refractivity contribution in [3.05, 3.63) is 0 Å². The fourth-order valence-electron chi connectivity index (χ4n) is 0.408. The highest BCUT2D eigenvalue weighted by molar-refractivity contribution is 5.67. The summed E-state index contributed by atoms with van der Waals surface area (Å²) in [7, 11) is 0. The van der Waals surface area contributed by atoms with Gasteiger partial charge in [0.05, 0.1) is 13.2 Å². The van der Waals surface area contributed by atoms with E-state index in [0.29, 0.717) is 6.61 Å². The van der Waals surface area contributed by atoms with E-state index in [1.165, 1.54) is 0 Å². The molecule has 62 valence electrons. The molecule has 0 aliphatic carbocycles. The van der Waals surface area contributed by atoms with Gasteiger partial charge in [0.25, 0.3) is 0 Å². The van der Waals surface area contributed by atoms with Crippen molar-refractivity contribution >= 4 is 5.97 Å². The van der Waals surface area contributed by atoms with Crippen LogP contribution in [0.3, 0.4) is 0 Å². The number of terminal acetylenes is 1. The molecule has 0 atom stereocenters. The molecule has 0 aromatic carbocycles. The molecule has 0 saturated carbocycles. The van der Waals surface area contributed by atoms with Gasteiger partial charge < -0.3 is 14.6 Å². The Kier molecular flexibility index (Phi) is 6.39. The monoisotopic (exact) mass is 158 g/mol. The van der Waals surface area contributed by atoms with Gasteiger partial charge in [0, 0.05) is 0 Å². The summed E-state index contributed by atoms with van der Waals surface area (Å²) in [5, 5.41) is 8.12. The average Bonchev–Trinajstić information content (AvgIpc) is 1.96. The minimum Gasteiger partial charge on any atom is -0.480 e. The van der Waals surface area contributed by atoms with Crippen molar-refractivity contribution < 1.29 is 19.4 Å². The maximum Gasteiger partial charge on any atom is 0.329 e. The Labute approximate surface area is 65.1 Å². The van der Waals surface area contributed by atoms with Crippen LogP contribution in [-0.4, -0.2) is 37.5 Å². The molecule has 4 nitrogen and oxygen atoms in total. The molecular formula is C7H10O4. The minimum absolute atomic E-state index is 0.233. The van der Waals surface area contributed by atoms with Crippen LogP contribution in [0.4, 0.5) is 0 Å². The first kappa shape index (κ1) is 9.95. The predicted molar refractivity (Wildman–Crippen MR) is 38.1 cm³/mol. The largest absolute Gasteiger partial charge is 0.480 e. The van der Waals surface area contributed by atoms with E-state index in [1.807, 2.05) is 0 Å². The second-order valence-electron chi connectivity index (χ2n) is 1.70. The lowest BCUT2D eigenvalue weighted by atomic mass is 10.7. The maximum absolute atomic E-state index is 9.89. The van der Waals surface area contributed by atoms with Gasteiger partial charge in [-0.15, -0.1) is 6.42 Å². The van der Waals surface area contributed by atoms with Crippen LogP contribution in [0.2, 0.25) is 0 Å². The van der Waals surface area contributed by atoms with Gasteiger partial charge in [0.2, 0.25) is 0 Å². The number of hydrogen-bond acceptors (Lipinski definition) is 3. The molecule has 0 radical (unpaired) electrons. The van der Waals surface area contributed by atoms with Crippen LogP contribution in [0.25, 0.3) is 0 Å². The van der Waals surface area contributed by atoms with Crippen LogP contribution in [0.5, 0.6) is 0 Å². The van der Waals surface area contributed by atoms with Gasteiger partial charge in [-0.2, -0.15) is 0 Å². The molecule has 0 unspecified atom stereocenters. The van der Waals surface area contributed by atoms with Gasteiger partial charge in [-0.25, -0.2) is 4.79 Å². The molecule has 0 aromatic heterocycles. The molecule has 0 aliphatic heterocycles. The molecular weight excluding hydrogens is 148 g/mol. The van der Waals surface area contributed by atoms with E-state index in [1.54, 1.807) is 0 Å². The quantitative estimate of drug-likeness (QED) is 0.427. The van der Waals surface area contributed by atoms with Crippen LogP contribution in [-0.2, 0) is 14.3 Å².